The van der Waals surface area contributed by atoms with Gasteiger partial charge in [-0.1, -0.05) is 36.0 Å². The highest BCUT2D eigenvalue weighted by molar-refractivity contribution is 7.98. The van der Waals surface area contributed by atoms with Crippen LogP contribution in [0.15, 0.2) is 60.3 Å². The summed E-state index contributed by atoms with van der Waals surface area (Å²) < 4.78 is 26.3. The van der Waals surface area contributed by atoms with Crippen molar-refractivity contribution in [2.24, 2.45) is 0 Å². The molecule has 0 saturated carbocycles. The molecule has 1 aliphatic rings. The lowest BCUT2D eigenvalue weighted by atomic mass is 10.2. The van der Waals surface area contributed by atoms with Gasteiger partial charge in [-0.2, -0.15) is 0 Å². The minimum absolute atomic E-state index is 0.230. The summed E-state index contributed by atoms with van der Waals surface area (Å²) in [6, 6.07) is 12.6. The van der Waals surface area contributed by atoms with Crippen LogP contribution >= 0.6 is 11.8 Å². The second kappa shape index (κ2) is 9.32. The fraction of sp³-hybridized carbons (Fsp3) is 0.273. The maximum Gasteiger partial charge on any atom is 0.231 e. The van der Waals surface area contributed by atoms with Crippen molar-refractivity contribution in [1.82, 2.24) is 19.7 Å². The molecule has 0 fully saturated rings. The van der Waals surface area contributed by atoms with Crippen LogP contribution in [0.1, 0.15) is 17.0 Å². The van der Waals surface area contributed by atoms with Gasteiger partial charge in [0.15, 0.2) is 16.7 Å². The van der Waals surface area contributed by atoms with Crippen LogP contribution in [-0.4, -0.2) is 33.5 Å². The summed E-state index contributed by atoms with van der Waals surface area (Å²) in [7, 11) is 2.04. The van der Waals surface area contributed by atoms with E-state index in [1.54, 1.807) is 23.9 Å². The zero-order valence-electron chi connectivity index (χ0n) is 16.8. The summed E-state index contributed by atoms with van der Waals surface area (Å²) in [6.07, 6.45) is 1.83. The predicted octanol–water partition coefficient (Wildman–Crippen LogP) is 4.26. The lowest BCUT2D eigenvalue weighted by Crippen LogP contribution is -2.20. The third-order valence-corrected chi connectivity index (χ3v) is 5.70. The molecule has 1 aromatic heterocycles. The first-order chi connectivity index (χ1) is 14.6. The standard InChI is InChI=1S/C22H23FN4O2S/c1-3-9-27-21(24-25-22(27)30-14-17-5-4-6-18(23)10-17)13-26(2)12-16-7-8-19-20(11-16)29-15-28-19/h3-8,10-11H,1,9,12-15H2,2H3. The van der Waals surface area contributed by atoms with Gasteiger partial charge in [0.05, 0.1) is 6.54 Å². The summed E-state index contributed by atoms with van der Waals surface area (Å²) in [6.45, 7) is 6.12. The largest absolute Gasteiger partial charge is 0.454 e. The van der Waals surface area contributed by atoms with Crippen molar-refractivity contribution < 1.29 is 13.9 Å². The lowest BCUT2D eigenvalue weighted by molar-refractivity contribution is 0.174. The van der Waals surface area contributed by atoms with Gasteiger partial charge in [-0.3, -0.25) is 4.90 Å². The van der Waals surface area contributed by atoms with Crippen LogP contribution in [0.3, 0.4) is 0 Å². The molecular weight excluding hydrogens is 403 g/mol. The molecule has 6 nitrogen and oxygen atoms in total. The molecule has 0 aliphatic carbocycles. The van der Waals surface area contributed by atoms with Gasteiger partial charge < -0.3 is 14.0 Å². The Balaban J connectivity index is 1.42. The summed E-state index contributed by atoms with van der Waals surface area (Å²) in [5.41, 5.74) is 2.05. The average molecular weight is 427 g/mol. The van der Waals surface area contributed by atoms with Gasteiger partial charge in [0.2, 0.25) is 6.79 Å². The number of rotatable bonds is 9. The van der Waals surface area contributed by atoms with E-state index < -0.39 is 0 Å². The molecule has 2 aromatic carbocycles. The third-order valence-electron chi connectivity index (χ3n) is 4.66. The molecule has 0 spiro atoms. The number of nitrogens with zero attached hydrogens (tertiary/aromatic N) is 4. The van der Waals surface area contributed by atoms with E-state index in [4.69, 9.17) is 9.47 Å². The van der Waals surface area contributed by atoms with Crippen LogP contribution in [0.25, 0.3) is 0 Å². The first kappa shape index (κ1) is 20.4. The SMILES string of the molecule is C=CCn1c(CN(C)Cc2ccc3c(c2)OCO3)nnc1SCc1cccc(F)c1. The van der Waals surface area contributed by atoms with Gasteiger partial charge in [-0.25, -0.2) is 4.39 Å². The zero-order chi connectivity index (χ0) is 20.9. The van der Waals surface area contributed by atoms with Crippen LogP contribution < -0.4 is 9.47 Å². The van der Waals surface area contributed by atoms with E-state index in [0.29, 0.717) is 18.8 Å². The Kier molecular flexibility index (Phi) is 6.35. The van der Waals surface area contributed by atoms with Crippen molar-refractivity contribution in [3.8, 4) is 11.5 Å². The number of benzene rings is 2. The Bertz CT molecular complexity index is 1040. The van der Waals surface area contributed by atoms with Gasteiger partial charge in [-0.05, 0) is 42.4 Å². The second-order valence-electron chi connectivity index (χ2n) is 7.08. The van der Waals surface area contributed by atoms with E-state index >= 15 is 0 Å². The smallest absolute Gasteiger partial charge is 0.231 e. The summed E-state index contributed by atoms with van der Waals surface area (Å²) in [5, 5.41) is 9.54. The first-order valence-corrected chi connectivity index (χ1v) is 10.6. The molecule has 0 saturated heterocycles. The van der Waals surface area contributed by atoms with Crippen LogP contribution in [0, 0.1) is 5.82 Å². The Morgan fingerprint density at radius 2 is 2.00 bits per heavy atom. The number of ether oxygens (including phenoxy) is 2. The number of allylic oxidation sites excluding steroid dienone is 1. The summed E-state index contributed by atoms with van der Waals surface area (Å²) in [5.74, 6) is 2.82. The average Bonchev–Trinajstić information content (AvgIpc) is 3.34. The number of thioether (sulfide) groups is 1. The van der Waals surface area contributed by atoms with E-state index in [-0.39, 0.29) is 12.6 Å². The molecule has 0 N–H and O–H groups in total. The summed E-state index contributed by atoms with van der Waals surface area (Å²) in [4.78, 5) is 2.17. The highest BCUT2D eigenvalue weighted by atomic mass is 32.2. The zero-order valence-corrected chi connectivity index (χ0v) is 17.6. The molecule has 0 atom stereocenters. The molecule has 0 unspecified atom stereocenters. The molecule has 8 heteroatoms. The highest BCUT2D eigenvalue weighted by Crippen LogP contribution is 2.32. The Hall–Kier alpha value is -2.84. The van der Waals surface area contributed by atoms with Crippen molar-refractivity contribution >= 4 is 11.8 Å². The maximum atomic E-state index is 13.4. The van der Waals surface area contributed by atoms with E-state index in [1.165, 1.54) is 6.07 Å². The van der Waals surface area contributed by atoms with Crippen molar-refractivity contribution in [3.63, 3.8) is 0 Å². The van der Waals surface area contributed by atoms with Crippen molar-refractivity contribution in [2.45, 2.75) is 30.5 Å². The van der Waals surface area contributed by atoms with Crippen LogP contribution in [0.2, 0.25) is 0 Å². The molecule has 0 amide bonds. The number of aromatic nitrogens is 3. The van der Waals surface area contributed by atoms with Crippen LogP contribution in [0.4, 0.5) is 4.39 Å². The molecule has 3 aromatic rings. The minimum atomic E-state index is -0.230. The molecule has 30 heavy (non-hydrogen) atoms. The van der Waals surface area contributed by atoms with Gasteiger partial charge >= 0.3 is 0 Å². The van der Waals surface area contributed by atoms with E-state index in [1.807, 2.05) is 42.0 Å². The summed E-state index contributed by atoms with van der Waals surface area (Å²) >= 11 is 1.54. The first-order valence-electron chi connectivity index (χ1n) is 9.59. The quantitative estimate of drug-likeness (QED) is 0.377. The maximum absolute atomic E-state index is 13.4. The molecule has 156 valence electrons. The van der Waals surface area contributed by atoms with Gasteiger partial charge in [0.1, 0.15) is 11.6 Å². The third kappa shape index (κ3) is 4.83. The van der Waals surface area contributed by atoms with Gasteiger partial charge in [0.25, 0.3) is 0 Å². The fourth-order valence-corrected chi connectivity index (χ4v) is 4.19. The van der Waals surface area contributed by atoms with Gasteiger partial charge in [-0.15, -0.1) is 16.8 Å². The highest BCUT2D eigenvalue weighted by Gasteiger charge is 2.16. The monoisotopic (exact) mass is 426 g/mol. The van der Waals surface area contributed by atoms with Crippen molar-refractivity contribution in [2.75, 3.05) is 13.8 Å². The van der Waals surface area contributed by atoms with E-state index in [2.05, 4.69) is 21.7 Å². The molecule has 0 bridgehead atoms. The van der Waals surface area contributed by atoms with Crippen molar-refractivity contribution in [1.29, 1.82) is 0 Å². The van der Waals surface area contributed by atoms with Gasteiger partial charge in [0, 0.05) is 18.8 Å². The van der Waals surface area contributed by atoms with Crippen LogP contribution in [0.5, 0.6) is 11.5 Å². The van der Waals surface area contributed by atoms with Crippen molar-refractivity contribution in [3.05, 3.63) is 77.9 Å². The fourth-order valence-electron chi connectivity index (χ4n) is 3.28. The Morgan fingerprint density at radius 3 is 2.83 bits per heavy atom. The molecular formula is C22H23FN4O2S. The Morgan fingerprint density at radius 1 is 1.13 bits per heavy atom. The number of fused-ring (bicyclic) bond motifs is 1. The van der Waals surface area contributed by atoms with Crippen LogP contribution in [-0.2, 0) is 25.4 Å². The predicted molar refractivity (Wildman–Crippen MR) is 114 cm³/mol. The van der Waals surface area contributed by atoms with E-state index in [0.717, 1.165) is 40.2 Å². The van der Waals surface area contributed by atoms with E-state index in [9.17, 15) is 4.39 Å². The topological polar surface area (TPSA) is 52.4 Å². The normalized spacial score (nSPS) is 12.5. The molecule has 2 heterocycles. The second-order valence-corrected chi connectivity index (χ2v) is 8.02. The minimum Gasteiger partial charge on any atom is -0.454 e. The Labute approximate surface area is 179 Å². The number of halogens is 1. The number of hydrogen-bond donors (Lipinski definition) is 0. The molecule has 1 aliphatic heterocycles. The molecule has 4 rings (SSSR count). The number of hydrogen-bond acceptors (Lipinski definition) is 6. The molecule has 0 radical (unpaired) electrons. The lowest BCUT2D eigenvalue weighted by Gasteiger charge is -2.17.